The van der Waals surface area contributed by atoms with Gasteiger partial charge in [-0.25, -0.2) is 4.79 Å². The zero-order chi connectivity index (χ0) is 15.9. The Bertz CT molecular complexity index is 507. The summed E-state index contributed by atoms with van der Waals surface area (Å²) in [6.45, 7) is 2.52. The third-order valence-electron chi connectivity index (χ3n) is 4.02. The first-order valence-corrected chi connectivity index (χ1v) is 7.87. The van der Waals surface area contributed by atoms with Gasteiger partial charge >= 0.3 is 5.97 Å². The molecular formula is C17H24N2O3. The van der Waals surface area contributed by atoms with Crippen LogP contribution in [-0.4, -0.2) is 43.0 Å². The molecule has 0 spiro atoms. The number of carbonyl (C=O) groups is 2. The van der Waals surface area contributed by atoms with Crippen molar-refractivity contribution in [1.29, 1.82) is 0 Å². The lowest BCUT2D eigenvalue weighted by molar-refractivity contribution is -0.117. The Labute approximate surface area is 131 Å². The van der Waals surface area contributed by atoms with Crippen molar-refractivity contribution < 1.29 is 14.3 Å². The molecule has 1 aliphatic rings. The van der Waals surface area contributed by atoms with Gasteiger partial charge in [-0.1, -0.05) is 12.8 Å². The van der Waals surface area contributed by atoms with E-state index in [4.69, 9.17) is 4.74 Å². The summed E-state index contributed by atoms with van der Waals surface area (Å²) in [5, 5.41) is 2.86. The van der Waals surface area contributed by atoms with Crippen LogP contribution >= 0.6 is 0 Å². The second-order valence-corrected chi connectivity index (χ2v) is 5.70. The average Bonchev–Trinajstić information content (AvgIpc) is 3.02. The van der Waals surface area contributed by atoms with Crippen LogP contribution < -0.4 is 5.32 Å². The van der Waals surface area contributed by atoms with Crippen LogP contribution in [0.2, 0.25) is 0 Å². The van der Waals surface area contributed by atoms with Crippen molar-refractivity contribution in [3.8, 4) is 0 Å². The van der Waals surface area contributed by atoms with Crippen LogP contribution in [0.4, 0.5) is 5.69 Å². The van der Waals surface area contributed by atoms with Crippen LogP contribution in [0, 0.1) is 0 Å². The Morgan fingerprint density at radius 2 is 1.86 bits per heavy atom. The normalized spacial score (nSPS) is 15.0. The zero-order valence-electron chi connectivity index (χ0n) is 13.3. The number of nitrogens with one attached hydrogen (secondary N) is 1. The molecule has 0 aromatic heterocycles. The maximum Gasteiger partial charge on any atom is 0.338 e. The van der Waals surface area contributed by atoms with Gasteiger partial charge in [0.1, 0.15) is 0 Å². The van der Waals surface area contributed by atoms with Gasteiger partial charge in [0.25, 0.3) is 0 Å². The summed E-state index contributed by atoms with van der Waals surface area (Å²) in [5.74, 6) is -0.375. The van der Waals surface area contributed by atoms with E-state index in [-0.39, 0.29) is 11.9 Å². The molecule has 5 nitrogen and oxygen atoms in total. The van der Waals surface area contributed by atoms with E-state index < -0.39 is 0 Å². The summed E-state index contributed by atoms with van der Waals surface area (Å²) in [5.41, 5.74) is 1.18. The van der Waals surface area contributed by atoms with Gasteiger partial charge in [-0.3, -0.25) is 9.69 Å². The van der Waals surface area contributed by atoms with Crippen molar-refractivity contribution in [2.45, 2.75) is 38.6 Å². The van der Waals surface area contributed by atoms with Gasteiger partial charge in [-0.05, 0) is 51.1 Å². The topological polar surface area (TPSA) is 58.6 Å². The van der Waals surface area contributed by atoms with E-state index in [0.29, 0.717) is 30.4 Å². The molecule has 0 radical (unpaired) electrons. The number of likely N-dealkylation sites (N-methyl/N-ethyl adjacent to an activating group) is 1. The summed E-state index contributed by atoms with van der Waals surface area (Å²) in [6, 6.07) is 7.29. The van der Waals surface area contributed by atoms with E-state index in [1.165, 1.54) is 25.7 Å². The molecule has 0 bridgehead atoms. The molecule has 0 unspecified atom stereocenters. The van der Waals surface area contributed by atoms with Crippen LogP contribution in [0.1, 0.15) is 43.0 Å². The van der Waals surface area contributed by atoms with Gasteiger partial charge in [0.2, 0.25) is 5.91 Å². The van der Waals surface area contributed by atoms with Crippen LogP contribution in [0.15, 0.2) is 24.3 Å². The van der Waals surface area contributed by atoms with Crippen LogP contribution in [0.3, 0.4) is 0 Å². The van der Waals surface area contributed by atoms with Crippen molar-refractivity contribution in [3.05, 3.63) is 29.8 Å². The first-order chi connectivity index (χ1) is 10.6. The quantitative estimate of drug-likeness (QED) is 0.821. The maximum atomic E-state index is 12.1. The fourth-order valence-corrected chi connectivity index (χ4v) is 2.81. The number of nitrogens with zero attached hydrogens (tertiary/aromatic N) is 1. The standard InChI is InChI=1S/C17H24N2O3/c1-3-22-17(21)13-8-10-14(11-9-13)18-16(20)12-19(2)15-6-4-5-7-15/h8-11,15H,3-7,12H2,1-2H3,(H,18,20). The lowest BCUT2D eigenvalue weighted by atomic mass is 10.2. The summed E-state index contributed by atoms with van der Waals surface area (Å²) < 4.78 is 4.93. The molecule has 2 rings (SSSR count). The lowest BCUT2D eigenvalue weighted by Crippen LogP contribution is -2.36. The number of hydrogen-bond acceptors (Lipinski definition) is 4. The Kier molecular flexibility index (Phi) is 5.95. The summed E-state index contributed by atoms with van der Waals surface area (Å²) in [7, 11) is 2.00. The Hall–Kier alpha value is -1.88. The fourth-order valence-electron chi connectivity index (χ4n) is 2.81. The number of ether oxygens (including phenoxy) is 1. The van der Waals surface area contributed by atoms with Gasteiger partial charge in [-0.15, -0.1) is 0 Å². The zero-order valence-corrected chi connectivity index (χ0v) is 13.3. The minimum absolute atomic E-state index is 0.0294. The highest BCUT2D eigenvalue weighted by Gasteiger charge is 2.21. The molecule has 1 aliphatic carbocycles. The molecule has 0 aliphatic heterocycles. The van der Waals surface area contributed by atoms with Gasteiger partial charge in [-0.2, -0.15) is 0 Å². The monoisotopic (exact) mass is 304 g/mol. The second kappa shape index (κ2) is 7.94. The Morgan fingerprint density at radius 1 is 1.23 bits per heavy atom. The fraction of sp³-hybridized carbons (Fsp3) is 0.529. The van der Waals surface area contributed by atoms with E-state index in [0.717, 1.165) is 0 Å². The molecule has 1 N–H and O–H groups in total. The number of hydrogen-bond donors (Lipinski definition) is 1. The molecule has 0 saturated heterocycles. The van der Waals surface area contributed by atoms with E-state index in [1.807, 2.05) is 7.05 Å². The molecule has 1 fully saturated rings. The molecule has 1 aromatic rings. The predicted molar refractivity (Wildman–Crippen MR) is 85.9 cm³/mol. The van der Waals surface area contributed by atoms with E-state index >= 15 is 0 Å². The number of anilines is 1. The highest BCUT2D eigenvalue weighted by atomic mass is 16.5. The maximum absolute atomic E-state index is 12.1. The number of esters is 1. The minimum atomic E-state index is -0.346. The van der Waals surface area contributed by atoms with Gasteiger partial charge in [0, 0.05) is 11.7 Å². The third-order valence-corrected chi connectivity index (χ3v) is 4.02. The molecule has 1 saturated carbocycles. The van der Waals surface area contributed by atoms with Crippen molar-refractivity contribution >= 4 is 17.6 Å². The summed E-state index contributed by atoms with van der Waals surface area (Å²) >= 11 is 0. The number of rotatable bonds is 6. The van der Waals surface area contributed by atoms with E-state index in [9.17, 15) is 9.59 Å². The number of amides is 1. The number of carbonyl (C=O) groups excluding carboxylic acids is 2. The molecule has 0 atom stereocenters. The lowest BCUT2D eigenvalue weighted by Gasteiger charge is -2.23. The third kappa shape index (κ3) is 4.56. The largest absolute Gasteiger partial charge is 0.462 e. The van der Waals surface area contributed by atoms with Crippen molar-refractivity contribution in [2.24, 2.45) is 0 Å². The smallest absolute Gasteiger partial charge is 0.338 e. The molecule has 1 aromatic carbocycles. The summed E-state index contributed by atoms with van der Waals surface area (Å²) in [6.07, 6.45) is 4.87. The molecule has 0 heterocycles. The summed E-state index contributed by atoms with van der Waals surface area (Å²) in [4.78, 5) is 25.7. The first-order valence-electron chi connectivity index (χ1n) is 7.87. The molecule has 1 amide bonds. The predicted octanol–water partition coefficient (Wildman–Crippen LogP) is 2.68. The highest BCUT2D eigenvalue weighted by Crippen LogP contribution is 2.22. The molecule has 5 heteroatoms. The van der Waals surface area contributed by atoms with Crippen molar-refractivity contribution in [1.82, 2.24) is 4.90 Å². The first kappa shape index (κ1) is 16.5. The second-order valence-electron chi connectivity index (χ2n) is 5.70. The van der Waals surface area contributed by atoms with Crippen LogP contribution in [0.5, 0.6) is 0 Å². The van der Waals surface area contributed by atoms with Crippen LogP contribution in [0.25, 0.3) is 0 Å². The molecule has 22 heavy (non-hydrogen) atoms. The Morgan fingerprint density at radius 3 is 2.45 bits per heavy atom. The molecule has 120 valence electrons. The number of benzene rings is 1. The average molecular weight is 304 g/mol. The van der Waals surface area contributed by atoms with E-state index in [2.05, 4.69) is 10.2 Å². The van der Waals surface area contributed by atoms with Gasteiger partial charge < -0.3 is 10.1 Å². The van der Waals surface area contributed by atoms with Gasteiger partial charge in [0.15, 0.2) is 0 Å². The Balaban J connectivity index is 1.84. The van der Waals surface area contributed by atoms with Crippen molar-refractivity contribution in [2.75, 3.05) is 25.5 Å². The molecular weight excluding hydrogens is 280 g/mol. The van der Waals surface area contributed by atoms with Crippen molar-refractivity contribution in [3.63, 3.8) is 0 Å². The van der Waals surface area contributed by atoms with Gasteiger partial charge in [0.05, 0.1) is 18.7 Å². The highest BCUT2D eigenvalue weighted by molar-refractivity contribution is 5.94. The minimum Gasteiger partial charge on any atom is -0.462 e. The van der Waals surface area contributed by atoms with E-state index in [1.54, 1.807) is 31.2 Å². The van der Waals surface area contributed by atoms with Crippen LogP contribution in [-0.2, 0) is 9.53 Å². The SMILES string of the molecule is CCOC(=O)c1ccc(NC(=O)CN(C)C2CCCC2)cc1.